The highest BCUT2D eigenvalue weighted by atomic mass is 16.5. The Labute approximate surface area is 163 Å². The van der Waals surface area contributed by atoms with E-state index in [4.69, 9.17) is 4.74 Å². The fourth-order valence-electron chi connectivity index (χ4n) is 3.75. The number of carbonyl (C=O) groups is 1. The molecule has 144 valence electrons. The zero-order valence-corrected chi connectivity index (χ0v) is 16.4. The molecule has 0 N–H and O–H groups in total. The van der Waals surface area contributed by atoms with Gasteiger partial charge in [-0.1, -0.05) is 6.07 Å². The van der Waals surface area contributed by atoms with Crippen LogP contribution in [0, 0.1) is 6.92 Å². The minimum Gasteiger partial charge on any atom is -0.497 e. The maximum Gasteiger partial charge on any atom is 0.259 e. The maximum absolute atomic E-state index is 13.2. The third kappa shape index (κ3) is 3.05. The smallest absolute Gasteiger partial charge is 0.259 e. The van der Waals surface area contributed by atoms with Gasteiger partial charge in [-0.25, -0.2) is 4.98 Å². The van der Waals surface area contributed by atoms with Crippen LogP contribution < -0.4 is 10.2 Å². The van der Waals surface area contributed by atoms with E-state index < -0.39 is 0 Å². The molecule has 0 unspecified atom stereocenters. The molecule has 0 fully saturated rings. The second kappa shape index (κ2) is 7.11. The second-order valence-corrected chi connectivity index (χ2v) is 7.09. The number of amides is 1. The molecule has 0 saturated carbocycles. The van der Waals surface area contributed by atoms with Crippen molar-refractivity contribution in [1.82, 2.24) is 14.5 Å². The summed E-state index contributed by atoms with van der Waals surface area (Å²) in [6, 6.07) is 9.49. The zero-order valence-electron chi connectivity index (χ0n) is 16.4. The molecule has 1 aliphatic heterocycles. The molecule has 0 atom stereocenters. The largest absolute Gasteiger partial charge is 0.497 e. The summed E-state index contributed by atoms with van der Waals surface area (Å²) in [7, 11) is 1.65. The molecule has 28 heavy (non-hydrogen) atoms. The third-order valence-corrected chi connectivity index (χ3v) is 5.34. The molecular weight excluding hydrogens is 354 g/mol. The van der Waals surface area contributed by atoms with E-state index in [9.17, 15) is 9.59 Å². The summed E-state index contributed by atoms with van der Waals surface area (Å²) in [5.41, 5.74) is 3.70. The van der Waals surface area contributed by atoms with E-state index in [1.165, 1.54) is 5.56 Å². The molecular formula is C22H23N3O3. The van der Waals surface area contributed by atoms with E-state index >= 15 is 0 Å². The molecule has 0 bridgehead atoms. The quantitative estimate of drug-likeness (QED) is 0.704. The highest BCUT2D eigenvalue weighted by Gasteiger charge is 2.25. The number of fused-ring (bicyclic) bond motifs is 2. The lowest BCUT2D eigenvalue weighted by Crippen LogP contribution is -2.38. The minimum atomic E-state index is -0.252. The molecule has 2 aromatic heterocycles. The van der Waals surface area contributed by atoms with E-state index in [1.807, 2.05) is 42.7 Å². The topological polar surface area (TPSA) is 64.4 Å². The summed E-state index contributed by atoms with van der Waals surface area (Å²) in [6.45, 7) is 5.58. The van der Waals surface area contributed by atoms with Gasteiger partial charge in [0, 0.05) is 31.5 Å². The average Bonchev–Trinajstić information content (AvgIpc) is 2.72. The first kappa shape index (κ1) is 18.2. The predicted molar refractivity (Wildman–Crippen MR) is 108 cm³/mol. The van der Waals surface area contributed by atoms with Crippen molar-refractivity contribution in [2.45, 2.75) is 33.4 Å². The molecule has 6 nitrogen and oxygen atoms in total. The molecule has 1 amide bonds. The third-order valence-electron chi connectivity index (χ3n) is 5.34. The van der Waals surface area contributed by atoms with Crippen LogP contribution in [0.1, 0.15) is 34.1 Å². The number of nitrogens with zero attached hydrogens (tertiary/aromatic N) is 3. The second-order valence-electron chi connectivity index (χ2n) is 7.09. The van der Waals surface area contributed by atoms with Crippen molar-refractivity contribution in [3.8, 4) is 5.75 Å². The van der Waals surface area contributed by atoms with Gasteiger partial charge in [0.1, 0.15) is 17.0 Å². The van der Waals surface area contributed by atoms with Crippen molar-refractivity contribution in [1.29, 1.82) is 0 Å². The number of hydrogen-bond acceptors (Lipinski definition) is 4. The number of rotatable bonds is 3. The number of methoxy groups -OCH3 is 1. The molecule has 3 aromatic rings. The SMILES string of the molecule is CCn1cc(C(=O)N2CCc3cc(OC)ccc3C2)c(=O)c2ccc(C)nc21. The molecule has 3 heterocycles. The number of carbonyl (C=O) groups excluding carboxylic acids is 1. The Morgan fingerprint density at radius 2 is 2.04 bits per heavy atom. The maximum atomic E-state index is 13.2. The Hall–Kier alpha value is -3.15. The molecule has 0 saturated heterocycles. The van der Waals surface area contributed by atoms with E-state index in [0.717, 1.165) is 23.4 Å². The lowest BCUT2D eigenvalue weighted by atomic mass is 9.98. The van der Waals surface area contributed by atoms with Crippen LogP contribution in [0.5, 0.6) is 5.75 Å². The van der Waals surface area contributed by atoms with Gasteiger partial charge in [-0.3, -0.25) is 9.59 Å². The van der Waals surface area contributed by atoms with Crippen LogP contribution in [-0.2, 0) is 19.5 Å². The van der Waals surface area contributed by atoms with E-state index in [1.54, 1.807) is 24.3 Å². The van der Waals surface area contributed by atoms with Gasteiger partial charge in [-0.15, -0.1) is 0 Å². The summed E-state index contributed by atoms with van der Waals surface area (Å²) in [4.78, 5) is 32.4. The van der Waals surface area contributed by atoms with Crippen LogP contribution in [0.15, 0.2) is 41.3 Å². The molecule has 1 aromatic carbocycles. The summed E-state index contributed by atoms with van der Waals surface area (Å²) in [5, 5.41) is 0.487. The number of aromatic nitrogens is 2. The van der Waals surface area contributed by atoms with Gasteiger partial charge in [-0.05, 0) is 55.7 Å². The highest BCUT2D eigenvalue weighted by molar-refractivity contribution is 5.97. The van der Waals surface area contributed by atoms with Gasteiger partial charge in [0.05, 0.1) is 12.5 Å². The first-order valence-corrected chi connectivity index (χ1v) is 9.47. The Morgan fingerprint density at radius 1 is 1.21 bits per heavy atom. The molecule has 0 aliphatic carbocycles. The van der Waals surface area contributed by atoms with Crippen LogP contribution in [0.2, 0.25) is 0 Å². The number of pyridine rings is 2. The minimum absolute atomic E-state index is 0.206. The number of hydrogen-bond donors (Lipinski definition) is 0. The van der Waals surface area contributed by atoms with E-state index in [-0.39, 0.29) is 16.9 Å². The lowest BCUT2D eigenvalue weighted by Gasteiger charge is -2.29. The molecule has 0 spiro atoms. The Bertz CT molecular complexity index is 1130. The van der Waals surface area contributed by atoms with Crippen LogP contribution in [0.25, 0.3) is 11.0 Å². The van der Waals surface area contributed by atoms with Crippen LogP contribution >= 0.6 is 0 Å². The van der Waals surface area contributed by atoms with E-state index in [0.29, 0.717) is 30.7 Å². The zero-order chi connectivity index (χ0) is 19.8. The fourth-order valence-corrected chi connectivity index (χ4v) is 3.75. The van der Waals surface area contributed by atoms with Crippen molar-refractivity contribution in [2.75, 3.05) is 13.7 Å². The normalized spacial score (nSPS) is 13.5. The first-order chi connectivity index (χ1) is 13.5. The molecule has 1 aliphatic rings. The lowest BCUT2D eigenvalue weighted by molar-refractivity contribution is 0.0732. The number of benzene rings is 1. The van der Waals surface area contributed by atoms with Gasteiger partial charge >= 0.3 is 0 Å². The van der Waals surface area contributed by atoms with Crippen molar-refractivity contribution >= 4 is 16.9 Å². The first-order valence-electron chi connectivity index (χ1n) is 9.47. The number of ether oxygens (including phenoxy) is 1. The van der Waals surface area contributed by atoms with Crippen LogP contribution in [-0.4, -0.2) is 34.0 Å². The van der Waals surface area contributed by atoms with E-state index in [2.05, 4.69) is 4.98 Å². The van der Waals surface area contributed by atoms with Crippen LogP contribution in [0.3, 0.4) is 0 Å². The predicted octanol–water partition coefficient (Wildman–Crippen LogP) is 2.93. The Balaban J connectivity index is 1.72. The van der Waals surface area contributed by atoms with Crippen molar-refractivity contribution in [2.24, 2.45) is 0 Å². The molecule has 4 rings (SSSR count). The van der Waals surface area contributed by atoms with Crippen molar-refractivity contribution < 1.29 is 9.53 Å². The summed E-state index contributed by atoms with van der Waals surface area (Å²) < 4.78 is 7.16. The van der Waals surface area contributed by atoms with Crippen molar-refractivity contribution in [3.63, 3.8) is 0 Å². The summed E-state index contributed by atoms with van der Waals surface area (Å²) in [6.07, 6.45) is 2.40. The standard InChI is InChI=1S/C22H23N3O3/c1-4-24-13-19(20(26)18-8-5-14(2)23-21(18)24)22(27)25-10-9-15-11-17(28-3)7-6-16(15)12-25/h5-8,11,13H,4,9-10,12H2,1-3H3. The van der Waals surface area contributed by atoms with Gasteiger partial charge < -0.3 is 14.2 Å². The average molecular weight is 377 g/mol. The highest BCUT2D eigenvalue weighted by Crippen LogP contribution is 2.24. The molecule has 6 heteroatoms. The van der Waals surface area contributed by atoms with Gasteiger partial charge in [0.2, 0.25) is 5.43 Å². The summed E-state index contributed by atoms with van der Waals surface area (Å²) in [5.74, 6) is 0.595. The Morgan fingerprint density at radius 3 is 2.79 bits per heavy atom. The monoisotopic (exact) mass is 377 g/mol. The molecule has 0 radical (unpaired) electrons. The van der Waals surface area contributed by atoms with Crippen molar-refractivity contribution in [3.05, 3.63) is 69.1 Å². The fraction of sp³-hybridized carbons (Fsp3) is 0.318. The Kier molecular flexibility index (Phi) is 4.63. The van der Waals surface area contributed by atoms with Gasteiger partial charge in [0.15, 0.2) is 0 Å². The number of aryl methyl sites for hydroxylation is 2. The van der Waals surface area contributed by atoms with Crippen LogP contribution in [0.4, 0.5) is 0 Å². The van der Waals surface area contributed by atoms with Gasteiger partial charge in [0.25, 0.3) is 5.91 Å². The van der Waals surface area contributed by atoms with Gasteiger partial charge in [-0.2, -0.15) is 0 Å². The summed E-state index contributed by atoms with van der Waals surface area (Å²) >= 11 is 0.